The third-order valence-electron chi connectivity index (χ3n) is 1.99. The summed E-state index contributed by atoms with van der Waals surface area (Å²) in [6, 6.07) is 5.42. The normalized spacial score (nSPS) is 9.56. The van der Waals surface area contributed by atoms with Crippen molar-refractivity contribution in [2.45, 2.75) is 12.8 Å². The first-order valence-electron chi connectivity index (χ1n) is 5.00. The summed E-state index contributed by atoms with van der Waals surface area (Å²) < 4.78 is 0. The van der Waals surface area contributed by atoms with Crippen molar-refractivity contribution in [2.75, 3.05) is 5.43 Å². The van der Waals surface area contributed by atoms with E-state index in [0.29, 0.717) is 5.69 Å². The Morgan fingerprint density at radius 1 is 1.22 bits per heavy atom. The molecule has 0 aliphatic rings. The number of anilines is 1. The largest absolute Gasteiger partial charge is 0.481 e. The van der Waals surface area contributed by atoms with Gasteiger partial charge in [-0.3, -0.25) is 30.6 Å². The van der Waals surface area contributed by atoms with Gasteiger partial charge in [0, 0.05) is 18.6 Å². The Morgan fingerprint density at radius 3 is 2.33 bits per heavy atom. The standard InChI is InChI=1S/C10H11N3O5/c14-9(5-6-10(15)16)12-11-7-1-3-8(4-2-7)13(17)18/h1-4,11H,5-6H2,(H,12,14)(H,15,16). The number of benzene rings is 1. The smallest absolute Gasteiger partial charge is 0.303 e. The van der Waals surface area contributed by atoms with Crippen molar-refractivity contribution in [3.05, 3.63) is 34.4 Å². The van der Waals surface area contributed by atoms with E-state index >= 15 is 0 Å². The van der Waals surface area contributed by atoms with Crippen LogP contribution in [0, 0.1) is 10.1 Å². The van der Waals surface area contributed by atoms with E-state index in [1.165, 1.54) is 24.3 Å². The minimum Gasteiger partial charge on any atom is -0.481 e. The number of carbonyl (C=O) groups is 2. The Bertz CT molecular complexity index is 457. The van der Waals surface area contributed by atoms with Crippen LogP contribution in [0.25, 0.3) is 0 Å². The zero-order valence-electron chi connectivity index (χ0n) is 9.25. The molecule has 0 atom stereocenters. The van der Waals surface area contributed by atoms with Gasteiger partial charge < -0.3 is 5.11 Å². The molecule has 0 aliphatic heterocycles. The van der Waals surface area contributed by atoms with E-state index in [9.17, 15) is 19.7 Å². The molecule has 0 bridgehead atoms. The highest BCUT2D eigenvalue weighted by atomic mass is 16.6. The topological polar surface area (TPSA) is 122 Å². The van der Waals surface area contributed by atoms with Gasteiger partial charge in [-0.25, -0.2) is 0 Å². The van der Waals surface area contributed by atoms with Crippen LogP contribution in [-0.4, -0.2) is 21.9 Å². The molecule has 0 saturated carbocycles. The molecule has 1 aromatic carbocycles. The van der Waals surface area contributed by atoms with Crippen LogP contribution >= 0.6 is 0 Å². The van der Waals surface area contributed by atoms with E-state index in [2.05, 4.69) is 10.9 Å². The molecular weight excluding hydrogens is 242 g/mol. The summed E-state index contributed by atoms with van der Waals surface area (Å²) in [4.78, 5) is 31.2. The summed E-state index contributed by atoms with van der Waals surface area (Å²) in [6.07, 6.45) is -0.400. The van der Waals surface area contributed by atoms with Crippen LogP contribution in [0.15, 0.2) is 24.3 Å². The van der Waals surface area contributed by atoms with Crippen LogP contribution in [0.5, 0.6) is 0 Å². The number of aliphatic carboxylic acids is 1. The van der Waals surface area contributed by atoms with Crippen molar-refractivity contribution in [3.8, 4) is 0 Å². The maximum Gasteiger partial charge on any atom is 0.303 e. The molecule has 0 heterocycles. The Hall–Kier alpha value is -2.64. The van der Waals surface area contributed by atoms with E-state index in [-0.39, 0.29) is 18.5 Å². The summed E-state index contributed by atoms with van der Waals surface area (Å²) in [5.41, 5.74) is 5.20. The first-order valence-corrected chi connectivity index (χ1v) is 5.00. The van der Waals surface area contributed by atoms with Gasteiger partial charge in [0.15, 0.2) is 0 Å². The number of hydrogen-bond donors (Lipinski definition) is 3. The fourth-order valence-corrected chi connectivity index (χ4v) is 1.09. The maximum absolute atomic E-state index is 11.2. The molecule has 1 rings (SSSR count). The number of nitrogens with one attached hydrogen (secondary N) is 2. The van der Waals surface area contributed by atoms with Crippen molar-refractivity contribution in [1.29, 1.82) is 0 Å². The van der Waals surface area contributed by atoms with Crippen molar-refractivity contribution in [2.24, 2.45) is 0 Å². The van der Waals surface area contributed by atoms with Gasteiger partial charge in [0.25, 0.3) is 5.69 Å². The minimum atomic E-state index is -1.06. The van der Waals surface area contributed by atoms with Crippen molar-refractivity contribution in [3.63, 3.8) is 0 Å². The van der Waals surface area contributed by atoms with Crippen LogP contribution in [0.3, 0.4) is 0 Å². The number of carboxylic acids is 1. The number of hydrogen-bond acceptors (Lipinski definition) is 5. The average molecular weight is 253 g/mol. The highest BCUT2D eigenvalue weighted by molar-refractivity contribution is 5.81. The molecule has 0 spiro atoms. The van der Waals surface area contributed by atoms with Crippen molar-refractivity contribution in [1.82, 2.24) is 5.43 Å². The summed E-state index contributed by atoms with van der Waals surface area (Å²) in [7, 11) is 0. The zero-order valence-corrected chi connectivity index (χ0v) is 9.25. The lowest BCUT2D eigenvalue weighted by atomic mass is 10.3. The Kier molecular flexibility index (Phi) is 4.61. The van der Waals surface area contributed by atoms with Crippen LogP contribution < -0.4 is 10.9 Å². The molecule has 1 aromatic rings. The molecule has 96 valence electrons. The van der Waals surface area contributed by atoms with Crippen LogP contribution in [0.2, 0.25) is 0 Å². The molecule has 0 fully saturated rings. The second-order valence-electron chi connectivity index (χ2n) is 3.37. The number of nitro groups is 1. The summed E-state index contributed by atoms with van der Waals surface area (Å²) in [5.74, 6) is -1.53. The van der Waals surface area contributed by atoms with Crippen LogP contribution in [0.4, 0.5) is 11.4 Å². The summed E-state index contributed by atoms with van der Waals surface area (Å²) in [5, 5.41) is 18.8. The number of nitro benzene ring substituents is 1. The SMILES string of the molecule is O=C(O)CCC(=O)NNc1ccc([N+](=O)[O-])cc1. The predicted octanol–water partition coefficient (Wildman–Crippen LogP) is 0.903. The second kappa shape index (κ2) is 6.18. The fraction of sp³-hybridized carbons (Fsp3) is 0.200. The molecule has 0 unspecified atom stereocenters. The predicted molar refractivity (Wildman–Crippen MR) is 61.7 cm³/mol. The molecule has 18 heavy (non-hydrogen) atoms. The monoisotopic (exact) mass is 253 g/mol. The van der Waals surface area contributed by atoms with Gasteiger partial charge >= 0.3 is 5.97 Å². The molecule has 0 aromatic heterocycles. The van der Waals surface area contributed by atoms with Gasteiger partial charge in [-0.15, -0.1) is 0 Å². The van der Waals surface area contributed by atoms with Gasteiger partial charge in [0.05, 0.1) is 17.0 Å². The number of non-ortho nitro benzene ring substituents is 1. The van der Waals surface area contributed by atoms with Crippen LogP contribution in [0.1, 0.15) is 12.8 Å². The highest BCUT2D eigenvalue weighted by Gasteiger charge is 2.06. The Balaban J connectivity index is 2.41. The van der Waals surface area contributed by atoms with E-state index in [4.69, 9.17) is 5.11 Å². The molecule has 3 N–H and O–H groups in total. The third-order valence-corrected chi connectivity index (χ3v) is 1.99. The molecule has 0 saturated heterocycles. The number of hydrazine groups is 1. The number of rotatable bonds is 6. The van der Waals surface area contributed by atoms with E-state index < -0.39 is 16.8 Å². The number of amides is 1. The highest BCUT2D eigenvalue weighted by Crippen LogP contribution is 2.14. The fourth-order valence-electron chi connectivity index (χ4n) is 1.09. The first-order chi connectivity index (χ1) is 8.49. The van der Waals surface area contributed by atoms with Gasteiger partial charge in [0.2, 0.25) is 5.91 Å². The quantitative estimate of drug-likeness (QED) is 0.511. The molecule has 1 amide bonds. The van der Waals surface area contributed by atoms with Gasteiger partial charge in [-0.05, 0) is 12.1 Å². The lowest BCUT2D eigenvalue weighted by molar-refractivity contribution is -0.384. The maximum atomic E-state index is 11.2. The summed E-state index contributed by atoms with van der Waals surface area (Å²) in [6.45, 7) is 0. The lowest BCUT2D eigenvalue weighted by Gasteiger charge is -2.07. The third kappa shape index (κ3) is 4.47. The Labute approximate surface area is 102 Å². The van der Waals surface area contributed by atoms with E-state index in [1.807, 2.05) is 0 Å². The lowest BCUT2D eigenvalue weighted by Crippen LogP contribution is -2.29. The molecule has 8 heteroatoms. The molecule has 0 radical (unpaired) electrons. The summed E-state index contributed by atoms with van der Waals surface area (Å²) >= 11 is 0. The number of nitrogens with zero attached hydrogens (tertiary/aromatic N) is 1. The van der Waals surface area contributed by atoms with Crippen molar-refractivity contribution >= 4 is 23.3 Å². The second-order valence-corrected chi connectivity index (χ2v) is 3.37. The van der Waals surface area contributed by atoms with Gasteiger partial charge in [-0.1, -0.05) is 0 Å². The van der Waals surface area contributed by atoms with Crippen molar-refractivity contribution < 1.29 is 19.6 Å². The zero-order chi connectivity index (χ0) is 13.5. The average Bonchev–Trinajstić information content (AvgIpc) is 2.34. The van der Waals surface area contributed by atoms with Crippen LogP contribution in [-0.2, 0) is 9.59 Å². The number of carbonyl (C=O) groups excluding carboxylic acids is 1. The van der Waals surface area contributed by atoms with Gasteiger partial charge in [-0.2, -0.15) is 0 Å². The van der Waals surface area contributed by atoms with E-state index in [1.54, 1.807) is 0 Å². The van der Waals surface area contributed by atoms with E-state index in [0.717, 1.165) is 0 Å². The number of carboxylic acid groups (broad SMARTS) is 1. The molecule has 8 nitrogen and oxygen atoms in total. The molecular formula is C10H11N3O5. The molecule has 0 aliphatic carbocycles. The van der Waals surface area contributed by atoms with Gasteiger partial charge in [0.1, 0.15) is 0 Å². The first kappa shape index (κ1) is 13.4. The Morgan fingerprint density at radius 2 is 1.83 bits per heavy atom. The minimum absolute atomic E-state index is 0.0576.